The quantitative estimate of drug-likeness (QED) is 0.914. The molecule has 2 rings (SSSR count). The van der Waals surface area contributed by atoms with Gasteiger partial charge in [-0.3, -0.25) is 4.79 Å². The van der Waals surface area contributed by atoms with E-state index in [9.17, 15) is 14.0 Å². The molecule has 0 atom stereocenters. The molecule has 3 amide bonds. The van der Waals surface area contributed by atoms with Gasteiger partial charge in [-0.15, -0.1) is 0 Å². The summed E-state index contributed by atoms with van der Waals surface area (Å²) in [7, 11) is 3.34. The van der Waals surface area contributed by atoms with E-state index in [1.807, 2.05) is 0 Å². The van der Waals surface area contributed by atoms with Crippen LogP contribution in [0.5, 0.6) is 0 Å². The zero-order valence-corrected chi connectivity index (χ0v) is 12.3. The van der Waals surface area contributed by atoms with Crippen LogP contribution >= 0.6 is 0 Å². The maximum atomic E-state index is 12.8. The number of hydrogen-bond acceptors (Lipinski definition) is 2. The second-order valence-corrected chi connectivity index (χ2v) is 4.86. The van der Waals surface area contributed by atoms with Gasteiger partial charge in [-0.05, 0) is 48.5 Å². The lowest BCUT2D eigenvalue weighted by Gasteiger charge is -2.11. The molecule has 0 heterocycles. The van der Waals surface area contributed by atoms with Crippen molar-refractivity contribution in [3.8, 4) is 0 Å². The Hall–Kier alpha value is -2.89. The van der Waals surface area contributed by atoms with E-state index in [-0.39, 0.29) is 11.7 Å². The number of nitrogens with zero attached hydrogens (tertiary/aromatic N) is 1. The van der Waals surface area contributed by atoms with E-state index >= 15 is 0 Å². The van der Waals surface area contributed by atoms with Gasteiger partial charge < -0.3 is 15.5 Å². The van der Waals surface area contributed by atoms with E-state index in [4.69, 9.17) is 0 Å². The minimum absolute atomic E-state index is 0.109. The fourth-order valence-corrected chi connectivity index (χ4v) is 1.78. The van der Waals surface area contributed by atoms with Crippen molar-refractivity contribution in [2.45, 2.75) is 0 Å². The summed E-state index contributed by atoms with van der Waals surface area (Å²) in [6, 6.07) is 11.6. The van der Waals surface area contributed by atoms with Gasteiger partial charge in [0.05, 0.1) is 0 Å². The predicted molar refractivity (Wildman–Crippen MR) is 83.5 cm³/mol. The van der Waals surface area contributed by atoms with Crippen LogP contribution in [0.1, 0.15) is 10.4 Å². The van der Waals surface area contributed by atoms with Crippen LogP contribution in [-0.4, -0.2) is 30.9 Å². The monoisotopic (exact) mass is 301 g/mol. The molecule has 5 nitrogen and oxygen atoms in total. The number of anilines is 2. The first kappa shape index (κ1) is 15.5. The van der Waals surface area contributed by atoms with Crippen molar-refractivity contribution in [2.24, 2.45) is 0 Å². The molecule has 0 saturated carbocycles. The number of urea groups is 1. The third-order valence-corrected chi connectivity index (χ3v) is 2.90. The van der Waals surface area contributed by atoms with Crippen LogP contribution in [0.25, 0.3) is 0 Å². The molecule has 0 fully saturated rings. The van der Waals surface area contributed by atoms with Crippen molar-refractivity contribution in [3.05, 3.63) is 59.9 Å². The van der Waals surface area contributed by atoms with Gasteiger partial charge in [0.1, 0.15) is 5.82 Å². The van der Waals surface area contributed by atoms with Gasteiger partial charge in [0.2, 0.25) is 0 Å². The lowest BCUT2D eigenvalue weighted by Crippen LogP contribution is -2.22. The third-order valence-electron chi connectivity index (χ3n) is 2.90. The molecular weight excluding hydrogens is 285 g/mol. The molecule has 114 valence electrons. The molecule has 0 saturated heterocycles. The summed E-state index contributed by atoms with van der Waals surface area (Å²) >= 11 is 0. The lowest BCUT2D eigenvalue weighted by atomic mass is 10.2. The molecule has 22 heavy (non-hydrogen) atoms. The molecule has 2 N–H and O–H groups in total. The van der Waals surface area contributed by atoms with Crippen molar-refractivity contribution in [3.63, 3.8) is 0 Å². The van der Waals surface area contributed by atoms with E-state index in [1.54, 1.807) is 38.4 Å². The van der Waals surface area contributed by atoms with E-state index in [1.165, 1.54) is 29.2 Å². The van der Waals surface area contributed by atoms with Crippen LogP contribution in [-0.2, 0) is 0 Å². The molecule has 0 spiro atoms. The largest absolute Gasteiger partial charge is 0.345 e. The van der Waals surface area contributed by atoms with Gasteiger partial charge >= 0.3 is 6.03 Å². The summed E-state index contributed by atoms with van der Waals surface area (Å²) in [5, 5.41) is 5.21. The number of carbonyl (C=O) groups excluding carboxylic acids is 2. The molecule has 0 aliphatic heterocycles. The Morgan fingerprint density at radius 2 is 1.32 bits per heavy atom. The molecule has 0 aliphatic rings. The number of carbonyl (C=O) groups is 2. The summed E-state index contributed by atoms with van der Waals surface area (Å²) in [5.74, 6) is -0.477. The summed E-state index contributed by atoms with van der Waals surface area (Å²) in [4.78, 5) is 25.0. The summed E-state index contributed by atoms with van der Waals surface area (Å²) < 4.78 is 12.8. The Kier molecular flexibility index (Phi) is 4.73. The molecule has 0 bridgehead atoms. The molecule has 0 aromatic heterocycles. The molecule has 0 radical (unpaired) electrons. The topological polar surface area (TPSA) is 61.4 Å². The smallest absolute Gasteiger partial charge is 0.323 e. The second-order valence-electron chi connectivity index (χ2n) is 4.86. The van der Waals surface area contributed by atoms with Crippen LogP contribution in [0.4, 0.5) is 20.6 Å². The fourth-order valence-electron chi connectivity index (χ4n) is 1.78. The molecule has 2 aromatic rings. The first-order valence-electron chi connectivity index (χ1n) is 6.61. The maximum Gasteiger partial charge on any atom is 0.323 e. The molecular formula is C16H16FN3O2. The minimum atomic E-state index is -0.446. The van der Waals surface area contributed by atoms with Gasteiger partial charge in [0.25, 0.3) is 5.91 Å². The average Bonchev–Trinajstić information content (AvgIpc) is 2.49. The third kappa shape index (κ3) is 4.05. The Bertz CT molecular complexity index is 667. The summed E-state index contributed by atoms with van der Waals surface area (Å²) in [6.07, 6.45) is 0. The molecule has 0 aliphatic carbocycles. The van der Waals surface area contributed by atoms with E-state index in [2.05, 4.69) is 10.6 Å². The summed E-state index contributed by atoms with van der Waals surface area (Å²) in [6.45, 7) is 0. The minimum Gasteiger partial charge on any atom is -0.345 e. The van der Waals surface area contributed by atoms with Crippen molar-refractivity contribution in [1.82, 2.24) is 4.90 Å². The SMILES string of the molecule is CN(C)C(=O)c1ccc(NC(=O)Nc2ccc(F)cc2)cc1. The van der Waals surface area contributed by atoms with Crippen molar-refractivity contribution in [1.29, 1.82) is 0 Å². The van der Waals surface area contributed by atoms with Crippen molar-refractivity contribution in [2.75, 3.05) is 24.7 Å². The predicted octanol–water partition coefficient (Wildman–Crippen LogP) is 3.17. The van der Waals surface area contributed by atoms with Crippen molar-refractivity contribution >= 4 is 23.3 Å². The number of hydrogen-bond donors (Lipinski definition) is 2. The molecule has 0 unspecified atom stereocenters. The van der Waals surface area contributed by atoms with Crippen LogP contribution in [0, 0.1) is 5.82 Å². The van der Waals surface area contributed by atoms with Gasteiger partial charge in [-0.1, -0.05) is 0 Å². The average molecular weight is 301 g/mol. The Labute approximate surface area is 127 Å². The fraction of sp³-hybridized carbons (Fsp3) is 0.125. The zero-order chi connectivity index (χ0) is 16.1. The number of rotatable bonds is 3. The first-order chi connectivity index (χ1) is 10.5. The lowest BCUT2D eigenvalue weighted by molar-refractivity contribution is 0.0827. The second kappa shape index (κ2) is 6.71. The van der Waals surface area contributed by atoms with Crippen LogP contribution in [0.15, 0.2) is 48.5 Å². The molecule has 6 heteroatoms. The Morgan fingerprint density at radius 1 is 0.864 bits per heavy atom. The van der Waals surface area contributed by atoms with Crippen LogP contribution in [0.3, 0.4) is 0 Å². The zero-order valence-electron chi connectivity index (χ0n) is 12.3. The number of nitrogens with one attached hydrogen (secondary N) is 2. The summed E-state index contributed by atoms with van der Waals surface area (Å²) in [5.41, 5.74) is 1.57. The van der Waals surface area contributed by atoms with Crippen molar-refractivity contribution < 1.29 is 14.0 Å². The normalized spacial score (nSPS) is 9.95. The highest BCUT2D eigenvalue weighted by Crippen LogP contribution is 2.12. The van der Waals surface area contributed by atoms with Gasteiger partial charge in [0.15, 0.2) is 0 Å². The van der Waals surface area contributed by atoms with E-state index in [0.29, 0.717) is 16.9 Å². The van der Waals surface area contributed by atoms with Gasteiger partial charge in [-0.25, -0.2) is 9.18 Å². The Balaban J connectivity index is 1.97. The number of benzene rings is 2. The van der Waals surface area contributed by atoms with E-state index < -0.39 is 6.03 Å². The van der Waals surface area contributed by atoms with E-state index in [0.717, 1.165) is 0 Å². The maximum absolute atomic E-state index is 12.8. The number of amides is 3. The van der Waals surface area contributed by atoms with Crippen LogP contribution < -0.4 is 10.6 Å². The molecule has 2 aromatic carbocycles. The highest BCUT2D eigenvalue weighted by molar-refractivity contribution is 6.00. The highest BCUT2D eigenvalue weighted by atomic mass is 19.1. The van der Waals surface area contributed by atoms with Gasteiger partial charge in [0, 0.05) is 31.0 Å². The van der Waals surface area contributed by atoms with Gasteiger partial charge in [-0.2, -0.15) is 0 Å². The van der Waals surface area contributed by atoms with Crippen LogP contribution in [0.2, 0.25) is 0 Å². The standard InChI is InChI=1S/C16H16FN3O2/c1-20(2)15(21)11-3-7-13(8-4-11)18-16(22)19-14-9-5-12(17)6-10-14/h3-10H,1-2H3,(H2,18,19,22). The first-order valence-corrected chi connectivity index (χ1v) is 6.61. The number of halogens is 1. The Morgan fingerprint density at radius 3 is 1.77 bits per heavy atom. The highest BCUT2D eigenvalue weighted by Gasteiger charge is 2.08.